The minimum absolute atomic E-state index is 0.481. The molecular weight excluding hydrogens is 451 g/mol. The van der Waals surface area contributed by atoms with Crippen molar-refractivity contribution in [3.63, 3.8) is 0 Å². The van der Waals surface area contributed by atoms with E-state index in [1.165, 1.54) is 33.4 Å². The number of hydrogen-bond donors (Lipinski definition) is 0. The molecule has 4 aromatic carbocycles. The first-order valence-electron chi connectivity index (χ1n) is 9.03. The third-order valence-electron chi connectivity index (χ3n) is 5.53. The van der Waals surface area contributed by atoms with Gasteiger partial charge in [-0.3, -0.25) is 0 Å². The Balaban J connectivity index is 2.02. The van der Waals surface area contributed by atoms with E-state index in [1.54, 1.807) is 0 Å². The Hall–Kier alpha value is -2.06. The summed E-state index contributed by atoms with van der Waals surface area (Å²) in [4.78, 5) is 0. The van der Waals surface area contributed by atoms with Gasteiger partial charge in [0.05, 0.1) is 5.41 Å². The zero-order valence-corrected chi connectivity index (χ0v) is 17.9. The molecule has 0 bridgehead atoms. The molecule has 0 aromatic heterocycles. The molecule has 0 amide bonds. The predicted octanol–water partition coefficient (Wildman–Crippen LogP) is 8.12. The fourth-order valence-corrected chi connectivity index (χ4v) is 5.69. The van der Waals surface area contributed by atoms with E-state index in [9.17, 15) is 0 Å². The summed E-state index contributed by atoms with van der Waals surface area (Å²) < 4.78 is 0.993. The van der Waals surface area contributed by atoms with Crippen LogP contribution in [0.3, 0.4) is 0 Å². The monoisotopic (exact) mass is 464 g/mol. The molecule has 3 heteroatoms. The summed E-state index contributed by atoms with van der Waals surface area (Å²) in [6.07, 6.45) is 0. The summed E-state index contributed by atoms with van der Waals surface area (Å²) in [5.41, 5.74) is 6.59. The van der Waals surface area contributed by atoms with Gasteiger partial charge >= 0.3 is 0 Å². The van der Waals surface area contributed by atoms with Gasteiger partial charge in [0.25, 0.3) is 0 Å². The smallest absolute Gasteiger partial charge is 0.0715 e. The van der Waals surface area contributed by atoms with E-state index in [4.69, 9.17) is 23.2 Å². The van der Waals surface area contributed by atoms with E-state index < -0.39 is 5.41 Å². The number of hydrogen-bond acceptors (Lipinski definition) is 0. The number of benzene rings is 4. The Morgan fingerprint density at radius 3 is 1.79 bits per heavy atom. The minimum atomic E-state index is -0.481. The van der Waals surface area contributed by atoms with Crippen molar-refractivity contribution < 1.29 is 0 Å². The van der Waals surface area contributed by atoms with Crippen LogP contribution in [-0.4, -0.2) is 0 Å². The SMILES string of the molecule is Clc1ccc2c(c1)C(c1ccccc1)(c1ccccc1)c1cc(Cl)cc(Br)c1-2. The van der Waals surface area contributed by atoms with E-state index in [2.05, 4.69) is 82.7 Å². The van der Waals surface area contributed by atoms with E-state index in [-0.39, 0.29) is 0 Å². The Labute approximate surface area is 182 Å². The highest BCUT2D eigenvalue weighted by molar-refractivity contribution is 9.10. The van der Waals surface area contributed by atoms with E-state index in [0.29, 0.717) is 5.02 Å². The molecule has 1 aliphatic carbocycles. The van der Waals surface area contributed by atoms with Gasteiger partial charge in [-0.1, -0.05) is 106 Å². The third-order valence-corrected chi connectivity index (χ3v) is 6.61. The zero-order chi connectivity index (χ0) is 19.3. The van der Waals surface area contributed by atoms with E-state index in [0.717, 1.165) is 9.50 Å². The molecule has 0 N–H and O–H groups in total. The summed E-state index contributed by atoms with van der Waals surface area (Å²) in [6.45, 7) is 0. The second-order valence-electron chi connectivity index (χ2n) is 6.98. The van der Waals surface area contributed by atoms with Crippen molar-refractivity contribution in [3.8, 4) is 11.1 Å². The zero-order valence-electron chi connectivity index (χ0n) is 14.8. The summed E-state index contributed by atoms with van der Waals surface area (Å²) in [5, 5.41) is 1.44. The van der Waals surface area contributed by atoms with Crippen LogP contribution in [0.25, 0.3) is 11.1 Å². The van der Waals surface area contributed by atoms with Crippen LogP contribution in [0.5, 0.6) is 0 Å². The number of halogens is 3. The Morgan fingerprint density at radius 2 is 1.18 bits per heavy atom. The second-order valence-corrected chi connectivity index (χ2v) is 8.71. The van der Waals surface area contributed by atoms with Crippen LogP contribution in [-0.2, 0) is 5.41 Å². The quantitative estimate of drug-likeness (QED) is 0.247. The van der Waals surface area contributed by atoms with Crippen LogP contribution in [0.1, 0.15) is 22.3 Å². The first kappa shape index (κ1) is 18.0. The van der Waals surface area contributed by atoms with Crippen molar-refractivity contribution in [2.24, 2.45) is 0 Å². The van der Waals surface area contributed by atoms with Crippen molar-refractivity contribution >= 4 is 39.1 Å². The van der Waals surface area contributed by atoms with E-state index >= 15 is 0 Å². The first-order chi connectivity index (χ1) is 13.6. The highest BCUT2D eigenvalue weighted by atomic mass is 79.9. The lowest BCUT2D eigenvalue weighted by Gasteiger charge is -2.34. The Morgan fingerprint density at radius 1 is 0.607 bits per heavy atom. The maximum atomic E-state index is 6.55. The van der Waals surface area contributed by atoms with Gasteiger partial charge in [-0.2, -0.15) is 0 Å². The first-order valence-corrected chi connectivity index (χ1v) is 10.6. The lowest BCUT2D eigenvalue weighted by atomic mass is 9.68. The molecule has 0 radical (unpaired) electrons. The molecule has 136 valence electrons. The van der Waals surface area contributed by atoms with Crippen molar-refractivity contribution in [2.45, 2.75) is 5.41 Å². The predicted molar refractivity (Wildman–Crippen MR) is 121 cm³/mol. The Bertz CT molecular complexity index is 1140. The normalized spacial score (nSPS) is 13.8. The molecule has 0 heterocycles. The summed E-state index contributed by atoms with van der Waals surface area (Å²) in [5.74, 6) is 0. The van der Waals surface area contributed by atoms with Gasteiger partial charge in [-0.15, -0.1) is 0 Å². The van der Waals surface area contributed by atoms with Crippen molar-refractivity contribution in [2.75, 3.05) is 0 Å². The lowest BCUT2D eigenvalue weighted by Crippen LogP contribution is -2.28. The third kappa shape index (κ3) is 2.50. The molecule has 0 atom stereocenters. The maximum absolute atomic E-state index is 6.55. The highest BCUT2D eigenvalue weighted by Crippen LogP contribution is 2.58. The molecule has 1 aliphatic rings. The van der Waals surface area contributed by atoms with Crippen LogP contribution < -0.4 is 0 Å². The van der Waals surface area contributed by atoms with Gasteiger partial charge in [0.1, 0.15) is 0 Å². The second kappa shape index (κ2) is 6.77. The molecule has 0 saturated carbocycles. The van der Waals surface area contributed by atoms with Crippen molar-refractivity contribution in [3.05, 3.63) is 128 Å². The summed E-state index contributed by atoms with van der Waals surface area (Å²) in [7, 11) is 0. The van der Waals surface area contributed by atoms with Gasteiger partial charge < -0.3 is 0 Å². The molecule has 28 heavy (non-hydrogen) atoms. The fraction of sp³-hybridized carbons (Fsp3) is 0.0400. The van der Waals surface area contributed by atoms with Gasteiger partial charge in [0.15, 0.2) is 0 Å². The molecule has 0 spiro atoms. The minimum Gasteiger partial charge on any atom is -0.0843 e. The van der Waals surface area contributed by atoms with Crippen LogP contribution in [0, 0.1) is 0 Å². The Kier molecular flexibility index (Phi) is 4.35. The van der Waals surface area contributed by atoms with Gasteiger partial charge in [-0.05, 0) is 52.1 Å². The van der Waals surface area contributed by atoms with Crippen LogP contribution in [0.4, 0.5) is 0 Å². The molecule has 0 nitrogen and oxygen atoms in total. The molecular formula is C25H15BrCl2. The average molecular weight is 466 g/mol. The van der Waals surface area contributed by atoms with Crippen LogP contribution in [0.2, 0.25) is 10.0 Å². The van der Waals surface area contributed by atoms with Crippen molar-refractivity contribution in [1.29, 1.82) is 0 Å². The number of fused-ring (bicyclic) bond motifs is 3. The molecule has 5 rings (SSSR count). The molecule has 0 saturated heterocycles. The van der Waals surface area contributed by atoms with Crippen LogP contribution in [0.15, 0.2) is 95.5 Å². The molecule has 0 fully saturated rings. The highest BCUT2D eigenvalue weighted by Gasteiger charge is 2.47. The molecule has 0 aliphatic heterocycles. The van der Waals surface area contributed by atoms with Gasteiger partial charge in [-0.25, -0.2) is 0 Å². The van der Waals surface area contributed by atoms with Crippen molar-refractivity contribution in [1.82, 2.24) is 0 Å². The maximum Gasteiger partial charge on any atom is 0.0715 e. The number of rotatable bonds is 2. The summed E-state index contributed by atoms with van der Waals surface area (Å²) in [6, 6.07) is 31.4. The average Bonchev–Trinajstić information content (AvgIpc) is 2.99. The largest absolute Gasteiger partial charge is 0.0843 e. The van der Waals surface area contributed by atoms with Gasteiger partial charge in [0.2, 0.25) is 0 Å². The molecule has 4 aromatic rings. The van der Waals surface area contributed by atoms with Crippen LogP contribution >= 0.6 is 39.1 Å². The lowest BCUT2D eigenvalue weighted by molar-refractivity contribution is 0.768. The topological polar surface area (TPSA) is 0 Å². The van der Waals surface area contributed by atoms with Gasteiger partial charge in [0, 0.05) is 20.1 Å². The standard InChI is InChI=1S/C25H15BrCl2/c26-23-15-19(28)14-22-24(23)20-12-11-18(27)13-21(20)25(22,16-7-3-1-4-8-16)17-9-5-2-6-10-17/h1-15H. The summed E-state index contributed by atoms with van der Waals surface area (Å²) >= 11 is 16.8. The van der Waals surface area contributed by atoms with E-state index in [1.807, 2.05) is 24.3 Å². The molecule has 0 unspecified atom stereocenters. The fourth-order valence-electron chi connectivity index (χ4n) is 4.50.